The van der Waals surface area contributed by atoms with Gasteiger partial charge in [0.1, 0.15) is 30.0 Å². The summed E-state index contributed by atoms with van der Waals surface area (Å²) < 4.78 is 12.4. The number of ether oxygens (including phenoxy) is 1. The number of halogens is 2. The molecule has 0 aliphatic carbocycles. The van der Waals surface area contributed by atoms with E-state index in [1.165, 1.54) is 0 Å². The van der Waals surface area contributed by atoms with E-state index in [-0.39, 0.29) is 11.6 Å². The average molecular weight is 674 g/mol. The maximum absolute atomic E-state index is 13.7. The third-order valence-electron chi connectivity index (χ3n) is 7.08. The summed E-state index contributed by atoms with van der Waals surface area (Å²) in [5.74, 6) is 1.48. The highest BCUT2D eigenvalue weighted by Gasteiger charge is 2.37. The van der Waals surface area contributed by atoms with Crippen molar-refractivity contribution in [2.75, 3.05) is 18.1 Å². The second-order valence-electron chi connectivity index (χ2n) is 11.0. The first-order valence-corrected chi connectivity index (χ1v) is 18.1. The molecule has 0 amide bonds. The molecular formula is C27H29ClIN7O2Si. The van der Waals surface area contributed by atoms with Crippen molar-refractivity contribution in [1.29, 1.82) is 0 Å². The Balaban J connectivity index is 1.39. The zero-order valence-electron chi connectivity index (χ0n) is 22.0. The molecule has 1 aromatic carbocycles. The lowest BCUT2D eigenvalue weighted by atomic mass is 10.0. The molecule has 202 valence electrons. The average Bonchev–Trinajstić information content (AvgIpc) is 3.41. The summed E-state index contributed by atoms with van der Waals surface area (Å²) in [5, 5.41) is 6.26. The van der Waals surface area contributed by atoms with E-state index in [0.717, 1.165) is 51.7 Å². The number of nitrogens with zero attached hydrogens (tertiary/aromatic N) is 7. The Morgan fingerprint density at radius 3 is 2.67 bits per heavy atom. The highest BCUT2D eigenvalue weighted by molar-refractivity contribution is 14.1. The number of aromatic nitrogens is 6. The van der Waals surface area contributed by atoms with E-state index in [4.69, 9.17) is 26.4 Å². The van der Waals surface area contributed by atoms with Crippen molar-refractivity contribution in [3.8, 4) is 5.69 Å². The van der Waals surface area contributed by atoms with Gasteiger partial charge in [-0.15, -0.1) is 0 Å². The number of hydrogen-bond acceptors (Lipinski definition) is 6. The lowest BCUT2D eigenvalue weighted by Crippen LogP contribution is -2.45. The smallest absolute Gasteiger partial charge is 0.284 e. The van der Waals surface area contributed by atoms with Gasteiger partial charge in [-0.1, -0.05) is 49.4 Å². The second-order valence-corrected chi connectivity index (χ2v) is 18.2. The zero-order valence-corrected chi connectivity index (χ0v) is 25.9. The maximum atomic E-state index is 13.7. The van der Waals surface area contributed by atoms with Gasteiger partial charge in [-0.05, 0) is 53.3 Å². The maximum Gasteiger partial charge on any atom is 0.284 e. The Morgan fingerprint density at radius 1 is 1.15 bits per heavy atom. The van der Waals surface area contributed by atoms with Gasteiger partial charge in [0.15, 0.2) is 5.82 Å². The van der Waals surface area contributed by atoms with Gasteiger partial charge < -0.3 is 14.2 Å². The first-order chi connectivity index (χ1) is 18.7. The minimum Gasteiger partial charge on any atom is -0.361 e. The number of rotatable bonds is 8. The number of para-hydroxylation sites is 1. The van der Waals surface area contributed by atoms with Crippen LogP contribution in [0, 0.1) is 3.57 Å². The van der Waals surface area contributed by atoms with Gasteiger partial charge in [-0.3, -0.25) is 9.36 Å². The molecule has 0 N–H and O–H groups in total. The molecule has 39 heavy (non-hydrogen) atoms. The Kier molecular flexibility index (Phi) is 7.02. The summed E-state index contributed by atoms with van der Waals surface area (Å²) in [6, 6.07) is 12.3. The molecule has 0 bridgehead atoms. The SMILES string of the molecule is C[Si](C)(C)CCOCn1cc(I)c2c(N3CC[C@H]3c3nn4ccc(Cl)c4c(=O)n3-c3ccccc3)ncnc21. The molecular weight excluding hydrogens is 645 g/mol. The van der Waals surface area contributed by atoms with Crippen molar-refractivity contribution in [2.24, 2.45) is 0 Å². The molecule has 0 saturated carbocycles. The molecule has 5 heterocycles. The number of anilines is 1. The molecule has 0 unspecified atom stereocenters. The molecule has 1 atom stereocenters. The van der Waals surface area contributed by atoms with Crippen molar-refractivity contribution in [1.82, 2.24) is 28.7 Å². The summed E-state index contributed by atoms with van der Waals surface area (Å²) in [7, 11) is -1.16. The topological polar surface area (TPSA) is 82.5 Å². The Morgan fingerprint density at radius 2 is 1.95 bits per heavy atom. The van der Waals surface area contributed by atoms with E-state index < -0.39 is 8.07 Å². The van der Waals surface area contributed by atoms with Crippen LogP contribution in [0.2, 0.25) is 30.7 Å². The van der Waals surface area contributed by atoms with E-state index in [2.05, 4.69) is 58.3 Å². The van der Waals surface area contributed by atoms with Crippen LogP contribution in [0.5, 0.6) is 0 Å². The van der Waals surface area contributed by atoms with Crippen molar-refractivity contribution in [3.05, 3.63) is 79.9 Å². The normalized spacial score (nSPS) is 15.8. The predicted molar refractivity (Wildman–Crippen MR) is 165 cm³/mol. The molecule has 12 heteroatoms. The van der Waals surface area contributed by atoms with E-state index >= 15 is 0 Å². The van der Waals surface area contributed by atoms with Crippen LogP contribution in [-0.4, -0.2) is 49.9 Å². The van der Waals surface area contributed by atoms with Crippen LogP contribution in [0.1, 0.15) is 18.3 Å². The molecule has 9 nitrogen and oxygen atoms in total. The number of hydrogen-bond donors (Lipinski definition) is 0. The van der Waals surface area contributed by atoms with Crippen LogP contribution < -0.4 is 10.5 Å². The Labute approximate surface area is 245 Å². The number of fused-ring (bicyclic) bond motifs is 2. The van der Waals surface area contributed by atoms with Crippen molar-refractivity contribution >= 4 is 64.6 Å². The van der Waals surface area contributed by atoms with E-state index in [0.29, 0.717) is 23.1 Å². The van der Waals surface area contributed by atoms with Gasteiger partial charge in [-0.2, -0.15) is 5.10 Å². The van der Waals surface area contributed by atoms with Crippen LogP contribution in [0.25, 0.3) is 22.2 Å². The first kappa shape index (κ1) is 26.5. The van der Waals surface area contributed by atoms with Crippen LogP contribution in [0.3, 0.4) is 0 Å². The largest absolute Gasteiger partial charge is 0.361 e. The summed E-state index contributed by atoms with van der Waals surface area (Å²) in [6.07, 6.45) is 6.24. The van der Waals surface area contributed by atoms with Crippen molar-refractivity contribution < 1.29 is 4.74 Å². The molecule has 5 aromatic rings. The van der Waals surface area contributed by atoms with E-state index in [9.17, 15) is 4.79 Å². The standard InChI is InChI=1S/C27H29ClIN7O2Si/c1-39(2,3)14-13-38-17-33-15-20(29)22-25(33)30-16-31-26(22)34-11-10-21(34)24-32-35-12-9-19(28)23(35)27(37)36(24)18-7-5-4-6-8-18/h4-9,12,15-16,21H,10-11,13-14,17H2,1-3H3/t21-/m0/s1. The first-order valence-electron chi connectivity index (χ1n) is 12.9. The number of benzene rings is 1. The minimum absolute atomic E-state index is 0.145. The molecule has 1 aliphatic rings. The Bertz CT molecular complexity index is 1730. The van der Waals surface area contributed by atoms with Gasteiger partial charge in [0.25, 0.3) is 5.56 Å². The van der Waals surface area contributed by atoms with Crippen molar-refractivity contribution in [3.63, 3.8) is 0 Å². The minimum atomic E-state index is -1.16. The van der Waals surface area contributed by atoms with Crippen molar-refractivity contribution in [2.45, 2.75) is 44.9 Å². The van der Waals surface area contributed by atoms with Gasteiger partial charge in [0.2, 0.25) is 0 Å². The van der Waals surface area contributed by atoms with Gasteiger partial charge >= 0.3 is 0 Å². The van der Waals surface area contributed by atoms with Crippen LogP contribution in [-0.2, 0) is 11.5 Å². The van der Waals surface area contributed by atoms with Crippen LogP contribution in [0.15, 0.2) is 59.9 Å². The summed E-state index contributed by atoms with van der Waals surface area (Å²) >= 11 is 8.73. The monoisotopic (exact) mass is 673 g/mol. The quantitative estimate of drug-likeness (QED) is 0.119. The lowest BCUT2D eigenvalue weighted by Gasteiger charge is -2.42. The fourth-order valence-corrected chi connectivity index (χ4v) is 6.72. The molecule has 1 fully saturated rings. The molecule has 0 radical (unpaired) electrons. The summed E-state index contributed by atoms with van der Waals surface area (Å²) in [6.45, 7) is 9.03. The third kappa shape index (κ3) is 4.89. The van der Waals surface area contributed by atoms with Gasteiger partial charge in [0, 0.05) is 37.2 Å². The Hall–Kier alpha value is -2.74. The van der Waals surface area contributed by atoms with Gasteiger partial charge in [0.05, 0.1) is 22.1 Å². The van der Waals surface area contributed by atoms with E-state index in [1.807, 2.05) is 34.9 Å². The highest BCUT2D eigenvalue weighted by atomic mass is 127. The van der Waals surface area contributed by atoms with Crippen LogP contribution in [0.4, 0.5) is 5.82 Å². The second kappa shape index (κ2) is 10.3. The highest BCUT2D eigenvalue weighted by Crippen LogP contribution is 2.40. The van der Waals surface area contributed by atoms with Gasteiger partial charge in [-0.25, -0.2) is 14.5 Å². The zero-order chi connectivity index (χ0) is 27.3. The molecule has 4 aromatic heterocycles. The predicted octanol–water partition coefficient (Wildman–Crippen LogP) is 5.75. The molecule has 6 rings (SSSR count). The molecule has 0 spiro atoms. The molecule has 1 saturated heterocycles. The lowest BCUT2D eigenvalue weighted by molar-refractivity contribution is 0.0898. The molecule has 1 aliphatic heterocycles. The third-order valence-corrected chi connectivity index (χ3v) is 9.91. The summed E-state index contributed by atoms with van der Waals surface area (Å²) in [5.41, 5.74) is 1.75. The fraction of sp³-hybridized carbons (Fsp3) is 0.333. The van der Waals surface area contributed by atoms with E-state index in [1.54, 1.807) is 27.7 Å². The summed E-state index contributed by atoms with van der Waals surface area (Å²) in [4.78, 5) is 25.3. The van der Waals surface area contributed by atoms with Crippen LogP contribution >= 0.6 is 34.2 Å². The fourth-order valence-electron chi connectivity index (χ4n) is 4.92.